The molecule has 0 fully saturated rings. The van der Waals surface area contributed by atoms with Crippen LogP contribution in [0.3, 0.4) is 0 Å². The number of anilines is 1. The Morgan fingerprint density at radius 1 is 1.37 bits per heavy atom. The molecule has 0 bridgehead atoms. The molecular formula is C14H21N3O2. The number of nitriles is 1. The van der Waals surface area contributed by atoms with Crippen molar-refractivity contribution in [3.63, 3.8) is 0 Å². The van der Waals surface area contributed by atoms with Gasteiger partial charge in [0.15, 0.2) is 11.6 Å². The van der Waals surface area contributed by atoms with Gasteiger partial charge in [0, 0.05) is 26.4 Å². The molecule has 0 aromatic carbocycles. The Kier molecular flexibility index (Phi) is 7.37. The van der Waals surface area contributed by atoms with Crippen molar-refractivity contribution in [2.45, 2.75) is 19.8 Å². The second-order valence-corrected chi connectivity index (χ2v) is 4.06. The van der Waals surface area contributed by atoms with Gasteiger partial charge in [0.1, 0.15) is 0 Å². The topological polar surface area (TPSA) is 58.4 Å². The third-order valence-electron chi connectivity index (χ3n) is 2.57. The lowest BCUT2D eigenvalue weighted by Gasteiger charge is -2.24. The number of hydrogen-bond donors (Lipinski definition) is 0. The molecule has 1 heterocycles. The zero-order valence-electron chi connectivity index (χ0n) is 11.6. The fraction of sp³-hybridized carbons (Fsp3) is 0.571. The smallest absolute Gasteiger partial charge is 0.171 e. The Hall–Kier alpha value is -1.80. The Balaban J connectivity index is 2.83. The third-order valence-corrected chi connectivity index (χ3v) is 2.57. The van der Waals surface area contributed by atoms with Gasteiger partial charge in [-0.2, -0.15) is 5.26 Å². The maximum atomic E-state index is 8.74. The van der Waals surface area contributed by atoms with Crippen LogP contribution in [-0.4, -0.2) is 38.4 Å². The van der Waals surface area contributed by atoms with Crippen LogP contribution in [0.25, 0.3) is 0 Å². The van der Waals surface area contributed by atoms with Crippen LogP contribution in [0.15, 0.2) is 18.3 Å². The molecule has 0 saturated carbocycles. The number of nitrogens with zero attached hydrogens (tertiary/aromatic N) is 3. The number of methoxy groups -OCH3 is 1. The van der Waals surface area contributed by atoms with Crippen LogP contribution in [-0.2, 0) is 4.74 Å². The van der Waals surface area contributed by atoms with E-state index < -0.39 is 0 Å². The molecule has 5 heteroatoms. The predicted molar refractivity (Wildman–Crippen MR) is 74.3 cm³/mol. The molecule has 0 radical (unpaired) electrons. The normalized spacial score (nSPS) is 9.95. The summed E-state index contributed by atoms with van der Waals surface area (Å²) in [5.41, 5.74) is 0. The minimum absolute atomic E-state index is 0.452. The van der Waals surface area contributed by atoms with Crippen LogP contribution in [0, 0.1) is 11.3 Å². The molecule has 0 amide bonds. The van der Waals surface area contributed by atoms with Gasteiger partial charge in [0.05, 0.1) is 25.7 Å². The van der Waals surface area contributed by atoms with Crippen molar-refractivity contribution < 1.29 is 9.47 Å². The molecule has 1 aromatic heterocycles. The quantitative estimate of drug-likeness (QED) is 0.684. The summed E-state index contributed by atoms with van der Waals surface area (Å²) in [7, 11) is 1.66. The Bertz CT molecular complexity index is 404. The van der Waals surface area contributed by atoms with Crippen molar-refractivity contribution >= 4 is 5.82 Å². The Morgan fingerprint density at radius 2 is 2.21 bits per heavy atom. The molecule has 0 aliphatic rings. The van der Waals surface area contributed by atoms with Crippen LogP contribution >= 0.6 is 0 Å². The van der Waals surface area contributed by atoms with Crippen molar-refractivity contribution in [1.29, 1.82) is 5.26 Å². The maximum absolute atomic E-state index is 8.74. The highest BCUT2D eigenvalue weighted by molar-refractivity contribution is 5.52. The maximum Gasteiger partial charge on any atom is 0.171 e. The SMILES string of the molecule is CCCOc1cccnc1N(CCC#N)CCOC. The van der Waals surface area contributed by atoms with Gasteiger partial charge in [0.25, 0.3) is 0 Å². The summed E-state index contributed by atoms with van der Waals surface area (Å²) < 4.78 is 10.8. The molecule has 0 N–H and O–H groups in total. The van der Waals surface area contributed by atoms with Crippen molar-refractivity contribution in [2.24, 2.45) is 0 Å². The van der Waals surface area contributed by atoms with E-state index in [1.54, 1.807) is 13.3 Å². The summed E-state index contributed by atoms with van der Waals surface area (Å²) in [6.45, 7) is 4.63. The van der Waals surface area contributed by atoms with Crippen LogP contribution in [0.4, 0.5) is 5.82 Å². The number of aromatic nitrogens is 1. The molecule has 1 aromatic rings. The van der Waals surface area contributed by atoms with Crippen LogP contribution < -0.4 is 9.64 Å². The molecule has 0 aliphatic heterocycles. The van der Waals surface area contributed by atoms with E-state index in [0.717, 1.165) is 18.0 Å². The van der Waals surface area contributed by atoms with Gasteiger partial charge in [-0.3, -0.25) is 0 Å². The Morgan fingerprint density at radius 3 is 2.89 bits per heavy atom. The average Bonchev–Trinajstić information content (AvgIpc) is 2.46. The van der Waals surface area contributed by atoms with E-state index in [2.05, 4.69) is 18.0 Å². The number of ether oxygens (including phenoxy) is 2. The zero-order chi connectivity index (χ0) is 13.9. The van der Waals surface area contributed by atoms with Crippen molar-refractivity contribution in [3.05, 3.63) is 18.3 Å². The first kappa shape index (κ1) is 15.3. The van der Waals surface area contributed by atoms with Gasteiger partial charge in [-0.25, -0.2) is 4.98 Å². The highest BCUT2D eigenvalue weighted by Crippen LogP contribution is 2.25. The van der Waals surface area contributed by atoms with Gasteiger partial charge in [-0.15, -0.1) is 0 Å². The molecule has 0 spiro atoms. The number of pyridine rings is 1. The first-order valence-corrected chi connectivity index (χ1v) is 6.52. The number of rotatable bonds is 9. The molecule has 5 nitrogen and oxygen atoms in total. The fourth-order valence-electron chi connectivity index (χ4n) is 1.65. The predicted octanol–water partition coefficient (Wildman–Crippen LogP) is 2.24. The van der Waals surface area contributed by atoms with E-state index in [1.165, 1.54) is 0 Å². The van der Waals surface area contributed by atoms with E-state index in [9.17, 15) is 0 Å². The second-order valence-electron chi connectivity index (χ2n) is 4.06. The van der Waals surface area contributed by atoms with Gasteiger partial charge in [0.2, 0.25) is 0 Å². The standard InChI is InChI=1S/C14H21N3O2/c1-3-11-19-13-6-4-8-16-14(13)17(9-5-7-15)10-12-18-2/h4,6,8H,3,5,9-12H2,1-2H3. The van der Waals surface area contributed by atoms with E-state index in [0.29, 0.717) is 32.7 Å². The largest absolute Gasteiger partial charge is 0.490 e. The van der Waals surface area contributed by atoms with Crippen molar-refractivity contribution in [1.82, 2.24) is 4.98 Å². The first-order chi connectivity index (χ1) is 9.33. The van der Waals surface area contributed by atoms with Crippen molar-refractivity contribution in [2.75, 3.05) is 38.3 Å². The monoisotopic (exact) mass is 263 g/mol. The number of hydrogen-bond acceptors (Lipinski definition) is 5. The van der Waals surface area contributed by atoms with Crippen LogP contribution in [0.1, 0.15) is 19.8 Å². The van der Waals surface area contributed by atoms with Gasteiger partial charge >= 0.3 is 0 Å². The highest BCUT2D eigenvalue weighted by Gasteiger charge is 2.13. The second kappa shape index (κ2) is 9.17. The minimum atomic E-state index is 0.452. The Labute approximate surface area is 114 Å². The van der Waals surface area contributed by atoms with E-state index in [1.807, 2.05) is 17.0 Å². The third kappa shape index (κ3) is 5.14. The highest BCUT2D eigenvalue weighted by atomic mass is 16.5. The lowest BCUT2D eigenvalue weighted by Crippen LogP contribution is -2.29. The van der Waals surface area contributed by atoms with Gasteiger partial charge in [-0.1, -0.05) is 6.92 Å². The molecule has 0 unspecified atom stereocenters. The summed E-state index contributed by atoms with van der Waals surface area (Å²) in [5.74, 6) is 1.54. The molecule has 0 aliphatic carbocycles. The molecule has 19 heavy (non-hydrogen) atoms. The van der Waals surface area contributed by atoms with Crippen molar-refractivity contribution in [3.8, 4) is 11.8 Å². The van der Waals surface area contributed by atoms with Crippen LogP contribution in [0.2, 0.25) is 0 Å². The molecule has 1 rings (SSSR count). The summed E-state index contributed by atoms with van der Waals surface area (Å²) >= 11 is 0. The summed E-state index contributed by atoms with van der Waals surface area (Å²) in [5, 5.41) is 8.74. The molecule has 104 valence electrons. The van der Waals surface area contributed by atoms with E-state index in [-0.39, 0.29) is 0 Å². The van der Waals surface area contributed by atoms with E-state index >= 15 is 0 Å². The average molecular weight is 263 g/mol. The van der Waals surface area contributed by atoms with Gasteiger partial charge in [-0.05, 0) is 18.6 Å². The molecule has 0 atom stereocenters. The summed E-state index contributed by atoms with van der Waals surface area (Å²) in [6, 6.07) is 5.92. The first-order valence-electron chi connectivity index (χ1n) is 6.52. The van der Waals surface area contributed by atoms with E-state index in [4.69, 9.17) is 14.7 Å². The minimum Gasteiger partial charge on any atom is -0.490 e. The summed E-state index contributed by atoms with van der Waals surface area (Å²) in [6.07, 6.45) is 3.14. The molecule has 0 saturated heterocycles. The zero-order valence-corrected chi connectivity index (χ0v) is 11.6. The lowest BCUT2D eigenvalue weighted by atomic mass is 10.3. The van der Waals surface area contributed by atoms with Gasteiger partial charge < -0.3 is 14.4 Å². The lowest BCUT2D eigenvalue weighted by molar-refractivity contribution is 0.205. The summed E-state index contributed by atoms with van der Waals surface area (Å²) in [4.78, 5) is 6.40. The molecular weight excluding hydrogens is 242 g/mol. The van der Waals surface area contributed by atoms with Crippen LogP contribution in [0.5, 0.6) is 5.75 Å². The fourth-order valence-corrected chi connectivity index (χ4v) is 1.65.